The maximum Gasteiger partial charge on any atom is 0.141 e. The molecule has 4 nitrogen and oxygen atoms in total. The summed E-state index contributed by atoms with van der Waals surface area (Å²) in [6.45, 7) is 2.30. The smallest absolute Gasteiger partial charge is 0.141 e. The molecule has 0 fully saturated rings. The lowest BCUT2D eigenvalue weighted by Crippen LogP contribution is -2.01. The van der Waals surface area contributed by atoms with Crippen molar-refractivity contribution >= 4 is 34.2 Å². The Morgan fingerprint density at radius 1 is 1.03 bits per heavy atom. The average Bonchev–Trinajstić information content (AvgIpc) is 3.12. The van der Waals surface area contributed by atoms with E-state index in [1.165, 1.54) is 16.0 Å². The molecule has 146 valence electrons. The Morgan fingerprint density at radius 3 is 2.67 bits per heavy atom. The average molecular weight is 409 g/mol. The molecule has 0 spiro atoms. The zero-order chi connectivity index (χ0) is 20.5. The molecule has 5 heteroatoms. The minimum Gasteiger partial charge on any atom is -0.340 e. The molecular formula is C25H20N4S. The predicted molar refractivity (Wildman–Crippen MR) is 122 cm³/mol. The number of nitrogens with zero attached hydrogens (tertiary/aromatic N) is 3. The van der Waals surface area contributed by atoms with Crippen molar-refractivity contribution in [3.8, 4) is 6.07 Å². The molecule has 0 saturated carbocycles. The SMILES string of the molecule is CC1c2ccccc2SC1c1ccc2ncnc(Nc3ccc(CC#N)cc3)c2c1. The monoisotopic (exact) mass is 408 g/mol. The molecule has 1 aromatic heterocycles. The highest BCUT2D eigenvalue weighted by Gasteiger charge is 2.31. The zero-order valence-electron chi connectivity index (χ0n) is 16.5. The van der Waals surface area contributed by atoms with E-state index in [0.717, 1.165) is 28.0 Å². The van der Waals surface area contributed by atoms with Crippen LogP contribution in [0.5, 0.6) is 0 Å². The van der Waals surface area contributed by atoms with Gasteiger partial charge in [0, 0.05) is 21.2 Å². The standard InChI is InChI=1S/C25H20N4S/c1-16-20-4-2-3-5-23(20)30-24(16)18-8-11-22-21(14-18)25(28-15-27-22)29-19-9-6-17(7-10-19)12-13-26/h2-11,14-16,24H,12H2,1H3,(H,27,28,29). The summed E-state index contributed by atoms with van der Waals surface area (Å²) in [7, 11) is 0. The van der Waals surface area contributed by atoms with Crippen LogP contribution in [-0.4, -0.2) is 9.97 Å². The Morgan fingerprint density at radius 2 is 1.87 bits per heavy atom. The van der Waals surface area contributed by atoms with Crippen molar-refractivity contribution in [1.29, 1.82) is 5.26 Å². The first-order chi connectivity index (χ1) is 14.7. The maximum absolute atomic E-state index is 8.85. The quantitative estimate of drug-likeness (QED) is 0.424. The highest BCUT2D eigenvalue weighted by molar-refractivity contribution is 8.00. The van der Waals surface area contributed by atoms with Crippen LogP contribution in [0.3, 0.4) is 0 Å². The summed E-state index contributed by atoms with van der Waals surface area (Å²) in [5, 5.41) is 13.7. The third-order valence-electron chi connectivity index (χ3n) is 5.61. The summed E-state index contributed by atoms with van der Waals surface area (Å²) in [5.74, 6) is 1.25. The summed E-state index contributed by atoms with van der Waals surface area (Å²) in [6, 6.07) is 25.3. The van der Waals surface area contributed by atoms with Gasteiger partial charge in [-0.25, -0.2) is 9.97 Å². The summed E-state index contributed by atoms with van der Waals surface area (Å²) >= 11 is 1.93. The van der Waals surface area contributed by atoms with Gasteiger partial charge in [-0.3, -0.25) is 0 Å². The molecule has 4 aromatic rings. The molecule has 3 aromatic carbocycles. The minimum atomic E-state index is 0.380. The normalized spacial score (nSPS) is 17.5. The Kier molecular flexibility index (Phi) is 4.86. The van der Waals surface area contributed by atoms with Gasteiger partial charge in [-0.1, -0.05) is 43.3 Å². The Hall–Kier alpha value is -3.36. The number of benzene rings is 3. The molecule has 2 atom stereocenters. The molecule has 0 saturated heterocycles. The molecule has 5 rings (SSSR count). The second-order valence-corrected chi connectivity index (χ2v) is 8.70. The summed E-state index contributed by atoms with van der Waals surface area (Å²) < 4.78 is 0. The fraction of sp³-hybridized carbons (Fsp3) is 0.160. The molecule has 30 heavy (non-hydrogen) atoms. The van der Waals surface area contributed by atoms with E-state index in [1.54, 1.807) is 6.33 Å². The van der Waals surface area contributed by atoms with E-state index in [1.807, 2.05) is 36.0 Å². The van der Waals surface area contributed by atoms with E-state index in [2.05, 4.69) is 70.7 Å². The zero-order valence-corrected chi connectivity index (χ0v) is 17.4. The first kappa shape index (κ1) is 18.7. The van der Waals surface area contributed by atoms with Gasteiger partial charge in [0.15, 0.2) is 0 Å². The maximum atomic E-state index is 8.85. The van der Waals surface area contributed by atoms with E-state index in [-0.39, 0.29) is 0 Å². The number of nitrogens with one attached hydrogen (secondary N) is 1. The number of thioether (sulfide) groups is 1. The number of hydrogen-bond acceptors (Lipinski definition) is 5. The highest BCUT2D eigenvalue weighted by Crippen LogP contribution is 2.54. The second-order valence-electron chi connectivity index (χ2n) is 7.52. The number of hydrogen-bond donors (Lipinski definition) is 1. The lowest BCUT2D eigenvalue weighted by molar-refractivity contribution is 0.753. The van der Waals surface area contributed by atoms with E-state index in [9.17, 15) is 0 Å². The molecule has 0 aliphatic carbocycles. The van der Waals surface area contributed by atoms with Crippen molar-refractivity contribution in [3.05, 3.63) is 89.7 Å². The fourth-order valence-corrected chi connectivity index (χ4v) is 5.46. The van der Waals surface area contributed by atoms with Gasteiger partial charge in [0.2, 0.25) is 0 Å². The van der Waals surface area contributed by atoms with Crippen molar-refractivity contribution in [2.24, 2.45) is 0 Å². The summed E-state index contributed by atoms with van der Waals surface area (Å²) in [5.41, 5.74) is 5.58. The number of aromatic nitrogens is 2. The van der Waals surface area contributed by atoms with Crippen molar-refractivity contribution in [2.75, 3.05) is 5.32 Å². The van der Waals surface area contributed by atoms with Gasteiger partial charge in [0.05, 0.1) is 18.0 Å². The van der Waals surface area contributed by atoms with Crippen LogP contribution >= 0.6 is 11.8 Å². The van der Waals surface area contributed by atoms with Crippen molar-refractivity contribution < 1.29 is 0 Å². The molecule has 0 bridgehead atoms. The molecule has 2 heterocycles. The van der Waals surface area contributed by atoms with Crippen LogP contribution in [0, 0.1) is 11.3 Å². The number of fused-ring (bicyclic) bond motifs is 2. The fourth-order valence-electron chi connectivity index (χ4n) is 4.01. The van der Waals surface area contributed by atoms with Crippen LogP contribution in [0.15, 0.2) is 78.0 Å². The van der Waals surface area contributed by atoms with Gasteiger partial charge in [-0.15, -0.1) is 11.8 Å². The van der Waals surface area contributed by atoms with Gasteiger partial charge in [-0.05, 0) is 52.9 Å². The molecule has 0 amide bonds. The first-order valence-corrected chi connectivity index (χ1v) is 10.8. The van der Waals surface area contributed by atoms with E-state index >= 15 is 0 Å². The molecule has 0 radical (unpaired) electrons. The van der Waals surface area contributed by atoms with Gasteiger partial charge in [0.1, 0.15) is 12.1 Å². The Labute approximate surface area is 180 Å². The van der Waals surface area contributed by atoms with E-state index < -0.39 is 0 Å². The molecule has 1 N–H and O–H groups in total. The van der Waals surface area contributed by atoms with Crippen molar-refractivity contribution in [1.82, 2.24) is 9.97 Å². The van der Waals surface area contributed by atoms with Crippen LogP contribution in [0.4, 0.5) is 11.5 Å². The van der Waals surface area contributed by atoms with Gasteiger partial charge >= 0.3 is 0 Å². The van der Waals surface area contributed by atoms with Crippen molar-refractivity contribution in [2.45, 2.75) is 29.4 Å². The minimum absolute atomic E-state index is 0.380. The number of anilines is 2. The van der Waals surface area contributed by atoms with Crippen LogP contribution in [0.1, 0.15) is 34.8 Å². The molecule has 1 aliphatic rings. The molecule has 2 unspecified atom stereocenters. The van der Waals surface area contributed by atoms with Crippen LogP contribution in [-0.2, 0) is 6.42 Å². The van der Waals surface area contributed by atoms with E-state index in [4.69, 9.17) is 5.26 Å². The molecular weight excluding hydrogens is 388 g/mol. The third-order valence-corrected chi connectivity index (χ3v) is 7.17. The van der Waals surface area contributed by atoms with Crippen LogP contribution in [0.2, 0.25) is 0 Å². The van der Waals surface area contributed by atoms with Crippen molar-refractivity contribution in [3.63, 3.8) is 0 Å². The molecule has 1 aliphatic heterocycles. The largest absolute Gasteiger partial charge is 0.340 e. The number of rotatable bonds is 4. The van der Waals surface area contributed by atoms with E-state index in [0.29, 0.717) is 17.6 Å². The van der Waals surface area contributed by atoms with Crippen LogP contribution < -0.4 is 5.32 Å². The number of nitriles is 1. The first-order valence-electron chi connectivity index (χ1n) is 9.96. The lowest BCUT2D eigenvalue weighted by atomic mass is 9.93. The summed E-state index contributed by atoms with van der Waals surface area (Å²) in [4.78, 5) is 10.3. The van der Waals surface area contributed by atoms with Gasteiger partial charge in [-0.2, -0.15) is 5.26 Å². The Balaban J connectivity index is 1.48. The third kappa shape index (κ3) is 3.40. The van der Waals surface area contributed by atoms with Crippen LogP contribution in [0.25, 0.3) is 10.9 Å². The summed E-state index contributed by atoms with van der Waals surface area (Å²) in [6.07, 6.45) is 2.01. The topological polar surface area (TPSA) is 61.6 Å². The Bertz CT molecular complexity index is 1260. The highest BCUT2D eigenvalue weighted by atomic mass is 32.2. The second kappa shape index (κ2) is 7.81. The van der Waals surface area contributed by atoms with Gasteiger partial charge in [0.25, 0.3) is 0 Å². The predicted octanol–water partition coefficient (Wildman–Crippen LogP) is 6.39. The lowest BCUT2D eigenvalue weighted by Gasteiger charge is -2.17. The van der Waals surface area contributed by atoms with Gasteiger partial charge < -0.3 is 5.32 Å².